The molecule has 120 valence electrons. The van der Waals surface area contributed by atoms with Crippen molar-refractivity contribution in [3.8, 4) is 17.2 Å². The summed E-state index contributed by atoms with van der Waals surface area (Å²) < 4.78 is 16.1. The molecule has 2 aromatic carbocycles. The molecule has 5 heteroatoms. The Morgan fingerprint density at radius 2 is 1.65 bits per heavy atom. The van der Waals surface area contributed by atoms with Crippen molar-refractivity contribution in [2.75, 3.05) is 26.6 Å². The Balaban J connectivity index is 2.01. The number of fused-ring (bicyclic) bond motifs is 1. The van der Waals surface area contributed by atoms with Crippen LogP contribution in [0, 0.1) is 0 Å². The molecule has 1 heterocycles. The number of carbonyl (C=O) groups excluding carboxylic acids is 1. The van der Waals surface area contributed by atoms with Gasteiger partial charge in [-0.15, -0.1) is 0 Å². The number of anilines is 1. The number of Topliss-reactive ketones (excluding diaryl/α,β-unsaturated/α-hetero) is 1. The second kappa shape index (κ2) is 6.20. The highest BCUT2D eigenvalue weighted by atomic mass is 16.5. The Bertz CT molecular complexity index is 717. The number of carbonyl (C=O) groups is 1. The van der Waals surface area contributed by atoms with Gasteiger partial charge >= 0.3 is 0 Å². The predicted molar refractivity (Wildman–Crippen MR) is 87.9 cm³/mol. The van der Waals surface area contributed by atoms with Crippen molar-refractivity contribution in [2.45, 2.75) is 12.5 Å². The minimum Gasteiger partial charge on any atom is -0.493 e. The van der Waals surface area contributed by atoms with Crippen LogP contribution in [-0.4, -0.2) is 27.1 Å². The minimum atomic E-state index is -0.133. The molecule has 0 radical (unpaired) electrons. The van der Waals surface area contributed by atoms with Crippen LogP contribution in [0.5, 0.6) is 17.2 Å². The van der Waals surface area contributed by atoms with Gasteiger partial charge in [0.25, 0.3) is 0 Å². The van der Waals surface area contributed by atoms with E-state index in [1.54, 1.807) is 21.3 Å². The van der Waals surface area contributed by atoms with Crippen LogP contribution in [-0.2, 0) is 0 Å². The molecule has 0 saturated heterocycles. The number of rotatable bonds is 4. The second-order valence-electron chi connectivity index (χ2n) is 5.33. The quantitative estimate of drug-likeness (QED) is 0.937. The molecule has 1 aliphatic rings. The normalized spacial score (nSPS) is 16.3. The molecular weight excluding hydrogens is 294 g/mol. The van der Waals surface area contributed by atoms with Crippen LogP contribution in [0.3, 0.4) is 0 Å². The highest BCUT2D eigenvalue weighted by molar-refractivity contribution is 6.03. The average Bonchev–Trinajstić information content (AvgIpc) is 2.60. The summed E-state index contributed by atoms with van der Waals surface area (Å²) in [7, 11) is 4.73. The molecule has 1 aliphatic heterocycles. The van der Waals surface area contributed by atoms with Gasteiger partial charge in [-0.3, -0.25) is 4.79 Å². The molecular formula is C18H19NO4. The van der Waals surface area contributed by atoms with E-state index < -0.39 is 0 Å². The third kappa shape index (κ3) is 2.70. The monoisotopic (exact) mass is 313 g/mol. The third-order valence-electron chi connectivity index (χ3n) is 4.04. The molecule has 3 rings (SSSR count). The van der Waals surface area contributed by atoms with E-state index in [2.05, 4.69) is 5.32 Å². The van der Waals surface area contributed by atoms with E-state index in [1.807, 2.05) is 36.4 Å². The Morgan fingerprint density at radius 1 is 1.00 bits per heavy atom. The van der Waals surface area contributed by atoms with Crippen LogP contribution >= 0.6 is 0 Å². The van der Waals surface area contributed by atoms with Gasteiger partial charge in [-0.1, -0.05) is 12.1 Å². The fourth-order valence-electron chi connectivity index (χ4n) is 2.89. The van der Waals surface area contributed by atoms with Crippen LogP contribution in [0.1, 0.15) is 28.4 Å². The fraction of sp³-hybridized carbons (Fsp3) is 0.278. The standard InChI is InChI=1S/C18H19NO4/c1-21-16-8-11(9-17(22-2)18(16)23-3)14-10-15(20)12-6-4-5-7-13(12)19-14/h4-9,14,19H,10H2,1-3H3. The maximum atomic E-state index is 12.4. The summed E-state index contributed by atoms with van der Waals surface area (Å²) in [6.07, 6.45) is 0.385. The van der Waals surface area contributed by atoms with E-state index in [9.17, 15) is 4.79 Å². The molecule has 0 saturated carbocycles. The minimum absolute atomic E-state index is 0.123. The molecule has 1 unspecified atom stereocenters. The molecule has 2 aromatic rings. The SMILES string of the molecule is COc1cc(C2CC(=O)c3ccccc3N2)cc(OC)c1OC. The fourth-order valence-corrected chi connectivity index (χ4v) is 2.89. The van der Waals surface area contributed by atoms with Crippen molar-refractivity contribution in [1.82, 2.24) is 0 Å². The molecule has 1 atom stereocenters. The Labute approximate surface area is 135 Å². The number of methoxy groups -OCH3 is 3. The van der Waals surface area contributed by atoms with E-state index in [-0.39, 0.29) is 11.8 Å². The molecule has 0 spiro atoms. The molecule has 0 fully saturated rings. The highest BCUT2D eigenvalue weighted by Crippen LogP contribution is 2.42. The van der Waals surface area contributed by atoms with Gasteiger partial charge in [-0.05, 0) is 29.8 Å². The lowest BCUT2D eigenvalue weighted by Crippen LogP contribution is -2.22. The first-order valence-corrected chi connectivity index (χ1v) is 7.36. The van der Waals surface area contributed by atoms with Crippen LogP contribution < -0.4 is 19.5 Å². The number of hydrogen-bond acceptors (Lipinski definition) is 5. The summed E-state index contributed by atoms with van der Waals surface area (Å²) in [5, 5.41) is 3.41. The van der Waals surface area contributed by atoms with E-state index in [4.69, 9.17) is 14.2 Å². The summed E-state index contributed by atoms with van der Waals surface area (Å²) in [4.78, 5) is 12.4. The number of benzene rings is 2. The number of hydrogen-bond donors (Lipinski definition) is 1. The first kappa shape index (κ1) is 15.2. The molecule has 1 N–H and O–H groups in total. The smallest absolute Gasteiger partial charge is 0.203 e. The van der Waals surface area contributed by atoms with Crippen molar-refractivity contribution in [3.05, 3.63) is 47.5 Å². The van der Waals surface area contributed by atoms with Gasteiger partial charge in [0, 0.05) is 17.7 Å². The number of para-hydroxylation sites is 1. The number of nitrogens with one attached hydrogen (secondary N) is 1. The predicted octanol–water partition coefficient (Wildman–Crippen LogP) is 3.45. The number of ether oxygens (including phenoxy) is 3. The van der Waals surface area contributed by atoms with Gasteiger partial charge < -0.3 is 19.5 Å². The van der Waals surface area contributed by atoms with E-state index in [0.717, 1.165) is 16.8 Å². The lowest BCUT2D eigenvalue weighted by Gasteiger charge is -2.27. The molecule has 0 bridgehead atoms. The van der Waals surface area contributed by atoms with Crippen molar-refractivity contribution < 1.29 is 19.0 Å². The van der Waals surface area contributed by atoms with Crippen LogP contribution in [0.4, 0.5) is 5.69 Å². The zero-order chi connectivity index (χ0) is 16.4. The zero-order valence-electron chi connectivity index (χ0n) is 13.4. The summed E-state index contributed by atoms with van der Waals surface area (Å²) >= 11 is 0. The van der Waals surface area contributed by atoms with E-state index in [0.29, 0.717) is 23.7 Å². The van der Waals surface area contributed by atoms with E-state index in [1.165, 1.54) is 0 Å². The maximum absolute atomic E-state index is 12.4. The maximum Gasteiger partial charge on any atom is 0.203 e. The van der Waals surface area contributed by atoms with Gasteiger partial charge in [0.1, 0.15) is 0 Å². The second-order valence-corrected chi connectivity index (χ2v) is 5.33. The summed E-state index contributed by atoms with van der Waals surface area (Å²) in [5.41, 5.74) is 2.50. The lowest BCUT2D eigenvalue weighted by molar-refractivity contribution is 0.0972. The Kier molecular flexibility index (Phi) is 4.10. The van der Waals surface area contributed by atoms with Crippen LogP contribution in [0.2, 0.25) is 0 Å². The molecule has 0 aliphatic carbocycles. The van der Waals surface area contributed by atoms with E-state index >= 15 is 0 Å². The van der Waals surface area contributed by atoms with Gasteiger partial charge in [0.15, 0.2) is 17.3 Å². The van der Waals surface area contributed by atoms with Crippen molar-refractivity contribution >= 4 is 11.5 Å². The first-order valence-electron chi connectivity index (χ1n) is 7.36. The lowest BCUT2D eigenvalue weighted by atomic mass is 9.92. The van der Waals surface area contributed by atoms with Crippen molar-refractivity contribution in [1.29, 1.82) is 0 Å². The third-order valence-corrected chi connectivity index (χ3v) is 4.04. The molecule has 0 aromatic heterocycles. The van der Waals surface area contributed by atoms with Crippen LogP contribution in [0.15, 0.2) is 36.4 Å². The Morgan fingerprint density at radius 3 is 2.26 bits per heavy atom. The molecule has 5 nitrogen and oxygen atoms in total. The zero-order valence-corrected chi connectivity index (χ0v) is 13.4. The number of ketones is 1. The first-order chi connectivity index (χ1) is 11.2. The Hall–Kier alpha value is -2.69. The largest absolute Gasteiger partial charge is 0.493 e. The van der Waals surface area contributed by atoms with Gasteiger partial charge in [0.05, 0.1) is 27.4 Å². The summed E-state index contributed by atoms with van der Waals surface area (Å²) in [6.45, 7) is 0. The van der Waals surface area contributed by atoms with Crippen molar-refractivity contribution in [2.24, 2.45) is 0 Å². The molecule has 0 amide bonds. The van der Waals surface area contributed by atoms with Gasteiger partial charge in [0.2, 0.25) is 5.75 Å². The highest BCUT2D eigenvalue weighted by Gasteiger charge is 2.27. The average molecular weight is 313 g/mol. The molecule has 23 heavy (non-hydrogen) atoms. The van der Waals surface area contributed by atoms with Gasteiger partial charge in [-0.25, -0.2) is 0 Å². The van der Waals surface area contributed by atoms with Gasteiger partial charge in [-0.2, -0.15) is 0 Å². The van der Waals surface area contributed by atoms with Crippen molar-refractivity contribution in [3.63, 3.8) is 0 Å². The topological polar surface area (TPSA) is 56.8 Å². The van der Waals surface area contributed by atoms with Crippen LogP contribution in [0.25, 0.3) is 0 Å². The summed E-state index contributed by atoms with van der Waals surface area (Å²) in [6, 6.07) is 11.2. The summed E-state index contributed by atoms with van der Waals surface area (Å²) in [5.74, 6) is 1.82.